The first kappa shape index (κ1) is 17.4. The van der Waals surface area contributed by atoms with Crippen LogP contribution in [0, 0.1) is 6.92 Å². The van der Waals surface area contributed by atoms with Crippen molar-refractivity contribution in [3.8, 4) is 0 Å². The molecule has 0 spiro atoms. The second-order valence-corrected chi connectivity index (χ2v) is 9.17. The van der Waals surface area contributed by atoms with Gasteiger partial charge in [-0.2, -0.15) is 17.8 Å². The number of rotatable bonds is 3. The third kappa shape index (κ3) is 6.18. The summed E-state index contributed by atoms with van der Waals surface area (Å²) >= 11 is -0.0167. The zero-order chi connectivity index (χ0) is 15.2. The van der Waals surface area contributed by atoms with Crippen LogP contribution in [-0.4, -0.2) is 63.1 Å². The van der Waals surface area contributed by atoms with Gasteiger partial charge in [0.25, 0.3) is 0 Å². The fourth-order valence-electron chi connectivity index (χ4n) is 1.29. The van der Waals surface area contributed by atoms with Crippen LogP contribution < -0.4 is 0 Å². The Kier molecular flexibility index (Phi) is 6.89. The van der Waals surface area contributed by atoms with Gasteiger partial charge in [-0.15, -0.1) is 0 Å². The molecular formula is C13H19N2O3SSb. The molecular weight excluding hydrogens is 386 g/mol. The maximum absolute atomic E-state index is 11.5. The summed E-state index contributed by atoms with van der Waals surface area (Å²) in [6, 6.07) is 6.50. The Balaban J connectivity index is 0.000000276. The van der Waals surface area contributed by atoms with Crippen LogP contribution in [0.5, 0.6) is 0 Å². The summed E-state index contributed by atoms with van der Waals surface area (Å²) in [6.07, 6.45) is 4.24. The molecule has 0 radical (unpaired) electrons. The van der Waals surface area contributed by atoms with Crippen LogP contribution in [0.2, 0.25) is 0 Å². The third-order valence-corrected chi connectivity index (χ3v) is 5.83. The smallest absolute Gasteiger partial charge is 0.192 e. The SMILES string of the molecule is C[N]1C=C[CH]=[Sb]1.Cc1ccc(S(=O)(=O)ON(C)C)cc1. The Morgan fingerprint density at radius 1 is 1.20 bits per heavy atom. The molecule has 0 atom stereocenters. The first-order valence-electron chi connectivity index (χ1n) is 5.93. The minimum absolute atomic E-state index is 0.0167. The van der Waals surface area contributed by atoms with E-state index in [0.29, 0.717) is 0 Å². The molecule has 1 aliphatic rings. The largest absolute Gasteiger partial charge is 0.313 e. The van der Waals surface area contributed by atoms with Crippen molar-refractivity contribution in [3.05, 3.63) is 42.1 Å². The summed E-state index contributed by atoms with van der Waals surface area (Å²) in [4.78, 5) is 0.164. The van der Waals surface area contributed by atoms with Gasteiger partial charge < -0.3 is 0 Å². The van der Waals surface area contributed by atoms with E-state index < -0.39 is 10.1 Å². The van der Waals surface area contributed by atoms with Gasteiger partial charge in [0.05, 0.1) is 4.90 Å². The zero-order valence-electron chi connectivity index (χ0n) is 12.0. The van der Waals surface area contributed by atoms with E-state index in [-0.39, 0.29) is 26.3 Å². The Hall–Kier alpha value is -0.682. The van der Waals surface area contributed by atoms with E-state index in [1.807, 2.05) is 6.92 Å². The Morgan fingerprint density at radius 2 is 1.80 bits per heavy atom. The van der Waals surface area contributed by atoms with E-state index in [1.165, 1.54) is 26.2 Å². The molecule has 0 aliphatic carbocycles. The predicted molar refractivity (Wildman–Crippen MR) is 81.9 cm³/mol. The van der Waals surface area contributed by atoms with Crippen LogP contribution in [0.4, 0.5) is 0 Å². The molecule has 5 nitrogen and oxygen atoms in total. The fourth-order valence-corrected chi connectivity index (χ4v) is 3.72. The molecule has 1 aromatic rings. The first-order chi connectivity index (χ1) is 9.31. The second-order valence-electron chi connectivity index (χ2n) is 4.33. The molecule has 7 heteroatoms. The average Bonchev–Trinajstić information content (AvgIpc) is 2.80. The van der Waals surface area contributed by atoms with E-state index in [0.717, 1.165) is 10.6 Å². The van der Waals surface area contributed by atoms with Gasteiger partial charge >= 0.3 is 57.9 Å². The molecule has 2 rings (SSSR count). The molecule has 0 amide bonds. The topological polar surface area (TPSA) is 49.9 Å². The molecule has 0 fully saturated rings. The van der Waals surface area contributed by atoms with Gasteiger partial charge in [-0.3, -0.25) is 0 Å². The van der Waals surface area contributed by atoms with Gasteiger partial charge in [-0.25, -0.2) is 0 Å². The molecule has 110 valence electrons. The second kappa shape index (κ2) is 7.93. The van der Waals surface area contributed by atoms with Crippen molar-refractivity contribution in [2.75, 3.05) is 21.1 Å². The molecule has 1 aromatic carbocycles. The summed E-state index contributed by atoms with van der Waals surface area (Å²) in [5, 5.41) is 1.15. The Morgan fingerprint density at radius 3 is 2.15 bits per heavy atom. The first-order valence-corrected chi connectivity index (χ1v) is 9.96. The number of hydrogen-bond acceptors (Lipinski definition) is 5. The van der Waals surface area contributed by atoms with Crippen LogP contribution >= 0.6 is 0 Å². The third-order valence-electron chi connectivity index (χ3n) is 2.19. The normalized spacial score (nSPS) is 13.6. The number of benzene rings is 1. The van der Waals surface area contributed by atoms with E-state index in [9.17, 15) is 8.42 Å². The van der Waals surface area contributed by atoms with Crippen LogP contribution in [0.15, 0.2) is 41.4 Å². The molecule has 0 N–H and O–H groups in total. The molecule has 0 aromatic heterocycles. The molecule has 0 bridgehead atoms. The number of allylic oxidation sites excluding steroid dienone is 1. The van der Waals surface area contributed by atoms with E-state index in [1.54, 1.807) is 12.1 Å². The summed E-state index contributed by atoms with van der Waals surface area (Å²) in [6.45, 7) is 1.89. The quantitative estimate of drug-likeness (QED) is 0.556. The van der Waals surface area contributed by atoms with E-state index in [4.69, 9.17) is 0 Å². The Labute approximate surface area is 131 Å². The Bertz CT molecular complexity index is 568. The van der Waals surface area contributed by atoms with Crippen LogP contribution in [0.1, 0.15) is 5.56 Å². The minimum Gasteiger partial charge on any atom is -0.192 e. The molecule has 0 unspecified atom stereocenters. The monoisotopic (exact) mass is 404 g/mol. The van der Waals surface area contributed by atoms with Crippen molar-refractivity contribution in [3.63, 3.8) is 0 Å². The molecule has 1 heterocycles. The van der Waals surface area contributed by atoms with Gasteiger partial charge in [0.2, 0.25) is 0 Å². The number of hydroxylamine groups is 2. The van der Waals surface area contributed by atoms with E-state index in [2.05, 4.69) is 30.6 Å². The minimum atomic E-state index is -3.65. The molecule has 0 saturated heterocycles. The van der Waals surface area contributed by atoms with Gasteiger partial charge in [0.1, 0.15) is 0 Å². The van der Waals surface area contributed by atoms with Crippen molar-refractivity contribution >= 4 is 35.5 Å². The van der Waals surface area contributed by atoms with Gasteiger partial charge in [-0.1, -0.05) is 17.7 Å². The van der Waals surface area contributed by atoms with Gasteiger partial charge in [0, 0.05) is 14.1 Å². The van der Waals surface area contributed by atoms with Gasteiger partial charge in [0.15, 0.2) is 0 Å². The van der Waals surface area contributed by atoms with Crippen LogP contribution in [0.3, 0.4) is 0 Å². The van der Waals surface area contributed by atoms with Crippen molar-refractivity contribution in [2.24, 2.45) is 0 Å². The summed E-state index contributed by atoms with van der Waals surface area (Å²) in [7, 11) is 1.51. The molecule has 20 heavy (non-hydrogen) atoms. The standard InChI is InChI=1S/C9H13NO3S.C4H6N.Sb/c1-8-4-6-9(7-5-8)14(11,12)13-10(2)3;1-3-4-5-2;/h4-7H,1-3H3;1,3-4H,2H3;/q;-1;+1. The maximum atomic E-state index is 11.5. The average molecular weight is 405 g/mol. The maximum Gasteiger partial charge on any atom is 0.313 e. The summed E-state index contributed by atoms with van der Waals surface area (Å²) in [5.74, 6) is 0. The number of aryl methyl sites for hydroxylation is 1. The van der Waals surface area contributed by atoms with E-state index >= 15 is 0 Å². The van der Waals surface area contributed by atoms with Crippen molar-refractivity contribution < 1.29 is 12.7 Å². The van der Waals surface area contributed by atoms with Crippen LogP contribution in [-0.2, 0) is 14.4 Å². The number of hydrogen-bond donors (Lipinski definition) is 0. The van der Waals surface area contributed by atoms with Crippen molar-refractivity contribution in [1.82, 2.24) is 8.12 Å². The molecule has 1 aliphatic heterocycles. The van der Waals surface area contributed by atoms with Crippen molar-refractivity contribution in [1.29, 1.82) is 0 Å². The summed E-state index contributed by atoms with van der Waals surface area (Å²) in [5.41, 5.74) is 1.01. The predicted octanol–water partition coefficient (Wildman–Crippen LogP) is 1.04. The van der Waals surface area contributed by atoms with Crippen LogP contribution in [0.25, 0.3) is 0 Å². The summed E-state index contributed by atoms with van der Waals surface area (Å²) < 4.78 is 32.2. The zero-order valence-corrected chi connectivity index (χ0v) is 15.4. The number of nitrogens with zero attached hydrogens (tertiary/aromatic N) is 2. The van der Waals surface area contributed by atoms with Gasteiger partial charge in [-0.05, 0) is 19.1 Å². The molecule has 0 saturated carbocycles. The van der Waals surface area contributed by atoms with Crippen molar-refractivity contribution in [2.45, 2.75) is 11.8 Å². The fraction of sp³-hybridized carbons (Fsp3) is 0.308.